The monoisotopic (exact) mass is 430 g/mol. The number of fused-ring (bicyclic) bond motifs is 1. The summed E-state index contributed by atoms with van der Waals surface area (Å²) in [6.07, 6.45) is -0.108. The van der Waals surface area contributed by atoms with Crippen LogP contribution in [-0.2, 0) is 23.1 Å². The summed E-state index contributed by atoms with van der Waals surface area (Å²) >= 11 is 0. The summed E-state index contributed by atoms with van der Waals surface area (Å²) in [7, 11) is 1.55. The molecule has 31 heavy (non-hydrogen) atoms. The topological polar surface area (TPSA) is 62.8 Å². The number of alkyl halides is 3. The number of methoxy groups -OCH3 is 1. The lowest BCUT2D eigenvalue weighted by Crippen LogP contribution is -2.41. The zero-order valence-electron chi connectivity index (χ0n) is 17.5. The zero-order valence-corrected chi connectivity index (χ0v) is 17.5. The smallest absolute Gasteiger partial charge is 0.387 e. The molecule has 0 bridgehead atoms. The highest BCUT2D eigenvalue weighted by atomic mass is 19.4. The van der Waals surface area contributed by atoms with Crippen LogP contribution in [0, 0.1) is 5.92 Å². The predicted octanol–water partition coefficient (Wildman–Crippen LogP) is 5.31. The van der Waals surface area contributed by atoms with Crippen molar-refractivity contribution in [2.75, 3.05) is 7.11 Å². The van der Waals surface area contributed by atoms with Crippen LogP contribution in [0.15, 0.2) is 54.2 Å². The molecule has 4 rings (SSSR count). The first-order chi connectivity index (χ1) is 14.9. The van der Waals surface area contributed by atoms with Crippen LogP contribution in [0.1, 0.15) is 42.9 Å². The highest BCUT2D eigenvalue weighted by Gasteiger charge is 2.47. The zero-order chi connectivity index (χ0) is 22.1. The number of benzene rings is 2. The molecular formula is C23H25F3N4O. The number of nitrogens with zero attached hydrogens (tertiary/aromatic N) is 2. The van der Waals surface area contributed by atoms with Gasteiger partial charge in [-0.2, -0.15) is 28.6 Å². The molecule has 3 aromatic rings. The van der Waals surface area contributed by atoms with E-state index in [9.17, 15) is 13.2 Å². The molecule has 8 heteroatoms. The van der Waals surface area contributed by atoms with Gasteiger partial charge in [0.1, 0.15) is 16.6 Å². The van der Waals surface area contributed by atoms with E-state index in [2.05, 4.69) is 20.7 Å². The quantitative estimate of drug-likeness (QED) is 0.576. The molecule has 1 aliphatic carbocycles. The highest BCUT2D eigenvalue weighted by molar-refractivity contribution is 5.80. The maximum atomic E-state index is 13.7. The molecule has 1 saturated carbocycles. The van der Waals surface area contributed by atoms with Crippen LogP contribution in [0.3, 0.4) is 0 Å². The van der Waals surface area contributed by atoms with Crippen molar-refractivity contribution in [1.82, 2.24) is 20.7 Å². The van der Waals surface area contributed by atoms with Gasteiger partial charge in [-0.25, -0.2) is 0 Å². The van der Waals surface area contributed by atoms with Crippen molar-refractivity contribution >= 4 is 11.0 Å². The van der Waals surface area contributed by atoms with Gasteiger partial charge in [-0.3, -0.25) is 0 Å². The molecule has 1 aromatic heterocycles. The fourth-order valence-corrected chi connectivity index (χ4v) is 4.65. The van der Waals surface area contributed by atoms with E-state index < -0.39 is 17.3 Å². The Bertz CT molecular complexity index is 1080. The minimum absolute atomic E-state index is 0.0422. The van der Waals surface area contributed by atoms with E-state index in [1.807, 2.05) is 43.5 Å². The number of nitrogens with one attached hydrogen (secondary N) is 2. The molecule has 2 atom stereocenters. The Morgan fingerprint density at radius 3 is 2.71 bits per heavy atom. The molecule has 0 aliphatic heterocycles. The number of aromatic nitrogens is 3. The van der Waals surface area contributed by atoms with Crippen molar-refractivity contribution in [3.8, 4) is 0 Å². The van der Waals surface area contributed by atoms with E-state index in [0.29, 0.717) is 17.6 Å². The Hall–Kier alpha value is -2.87. The van der Waals surface area contributed by atoms with Crippen LogP contribution in [-0.4, -0.2) is 22.5 Å². The summed E-state index contributed by atoms with van der Waals surface area (Å²) in [5, 5.41) is 13.9. The van der Waals surface area contributed by atoms with Gasteiger partial charge in [0.15, 0.2) is 0 Å². The van der Waals surface area contributed by atoms with Crippen molar-refractivity contribution in [3.63, 3.8) is 0 Å². The Morgan fingerprint density at radius 2 is 2.00 bits per heavy atom. The summed E-state index contributed by atoms with van der Waals surface area (Å²) in [6.45, 7) is 2.63. The van der Waals surface area contributed by atoms with Crippen LogP contribution in [0.5, 0.6) is 0 Å². The van der Waals surface area contributed by atoms with Gasteiger partial charge in [-0.15, -0.1) is 0 Å². The Morgan fingerprint density at radius 1 is 1.23 bits per heavy atom. The van der Waals surface area contributed by atoms with Crippen molar-refractivity contribution in [2.24, 2.45) is 5.92 Å². The molecule has 5 nitrogen and oxygen atoms in total. The molecule has 1 heterocycles. The second kappa shape index (κ2) is 8.34. The van der Waals surface area contributed by atoms with Gasteiger partial charge >= 0.3 is 6.18 Å². The number of hydrogen-bond acceptors (Lipinski definition) is 4. The van der Waals surface area contributed by atoms with Gasteiger partial charge in [0, 0.05) is 19.2 Å². The Kier molecular flexibility index (Phi) is 5.75. The number of H-pyrrole nitrogens is 1. The summed E-state index contributed by atoms with van der Waals surface area (Å²) in [5.74, 6) is -0.0422. The fourth-order valence-electron chi connectivity index (χ4n) is 4.65. The first-order valence-corrected chi connectivity index (χ1v) is 10.3. The molecule has 0 radical (unpaired) electrons. The Labute approximate surface area is 178 Å². The highest BCUT2D eigenvalue weighted by Crippen LogP contribution is 2.50. The number of rotatable bonds is 5. The van der Waals surface area contributed by atoms with Crippen LogP contribution in [0.4, 0.5) is 13.2 Å². The number of halogens is 3. The number of ether oxygens (including phenoxy) is 1. The largest absolute Gasteiger partial charge is 0.416 e. The van der Waals surface area contributed by atoms with Crippen LogP contribution in [0.2, 0.25) is 0 Å². The molecular weight excluding hydrogens is 405 g/mol. The van der Waals surface area contributed by atoms with Crippen molar-refractivity contribution in [3.05, 3.63) is 70.9 Å². The van der Waals surface area contributed by atoms with Crippen molar-refractivity contribution in [1.29, 1.82) is 0 Å². The molecule has 0 spiro atoms. The number of hydrogen-bond donors (Lipinski definition) is 2. The molecule has 2 aromatic carbocycles. The van der Waals surface area contributed by atoms with Crippen LogP contribution >= 0.6 is 0 Å². The molecule has 0 saturated heterocycles. The minimum atomic E-state index is -4.50. The maximum Gasteiger partial charge on any atom is 0.416 e. The van der Waals surface area contributed by atoms with Gasteiger partial charge in [-0.05, 0) is 54.6 Å². The lowest BCUT2D eigenvalue weighted by molar-refractivity contribution is -0.137. The van der Waals surface area contributed by atoms with E-state index in [0.717, 1.165) is 36.5 Å². The van der Waals surface area contributed by atoms with Gasteiger partial charge in [0.2, 0.25) is 0 Å². The normalized spacial score (nSPS) is 23.4. The molecule has 164 valence electrons. The van der Waals surface area contributed by atoms with Crippen LogP contribution < -0.4 is 5.32 Å². The third kappa shape index (κ3) is 3.92. The van der Waals surface area contributed by atoms with Gasteiger partial charge < -0.3 is 10.1 Å². The van der Waals surface area contributed by atoms with Gasteiger partial charge in [0.25, 0.3) is 0 Å². The third-order valence-corrected chi connectivity index (χ3v) is 6.15. The first-order valence-electron chi connectivity index (χ1n) is 10.3. The second-order valence-corrected chi connectivity index (χ2v) is 7.98. The standard InChI is InChI=1S/C23H25F3N4O/c1-15-7-6-10-17(14-27-13-16-8-4-3-5-9-16)22(15,31-2)19-11-18(23(24,25)26)12-20-21(19)29-30-28-20/h3-5,8-9,11-12,14-15,27H,6-7,10,13H2,1-2H3,(H,28,29,30)/b17-14-. The van der Waals surface area contributed by atoms with E-state index in [1.165, 1.54) is 6.07 Å². The molecule has 2 unspecified atom stereocenters. The molecule has 1 aliphatic rings. The summed E-state index contributed by atoms with van der Waals surface area (Å²) < 4.78 is 47.0. The maximum absolute atomic E-state index is 13.7. The molecule has 0 amide bonds. The first kappa shape index (κ1) is 21.4. The molecule has 1 fully saturated rings. The van der Waals surface area contributed by atoms with Crippen LogP contribution in [0.25, 0.3) is 11.0 Å². The minimum Gasteiger partial charge on any atom is -0.387 e. The van der Waals surface area contributed by atoms with Crippen molar-refractivity contribution in [2.45, 2.75) is 44.5 Å². The van der Waals surface area contributed by atoms with Gasteiger partial charge in [0.05, 0.1) is 5.56 Å². The SMILES string of the molecule is COC1(c2cc(C(F)(F)F)cc3n[nH]nc23)/C(=C\NCc2ccccc2)CCCC1C. The Balaban J connectivity index is 1.81. The van der Waals surface area contributed by atoms with Crippen molar-refractivity contribution < 1.29 is 17.9 Å². The average Bonchev–Trinajstić information content (AvgIpc) is 3.23. The van der Waals surface area contributed by atoms with E-state index in [4.69, 9.17) is 4.74 Å². The average molecular weight is 430 g/mol. The summed E-state index contributed by atoms with van der Waals surface area (Å²) in [5.41, 5.74) is 1.21. The van der Waals surface area contributed by atoms with E-state index in [1.54, 1.807) is 7.11 Å². The lowest BCUT2D eigenvalue weighted by Gasteiger charge is -2.44. The number of aromatic amines is 1. The van der Waals surface area contributed by atoms with E-state index >= 15 is 0 Å². The van der Waals surface area contributed by atoms with Gasteiger partial charge in [-0.1, -0.05) is 37.3 Å². The summed E-state index contributed by atoms with van der Waals surface area (Å²) in [4.78, 5) is 0. The lowest BCUT2D eigenvalue weighted by atomic mass is 9.68. The fraction of sp³-hybridized carbons (Fsp3) is 0.391. The predicted molar refractivity (Wildman–Crippen MR) is 112 cm³/mol. The second-order valence-electron chi connectivity index (χ2n) is 7.98. The summed E-state index contributed by atoms with van der Waals surface area (Å²) in [6, 6.07) is 12.1. The van der Waals surface area contributed by atoms with E-state index in [-0.39, 0.29) is 11.4 Å². The molecule has 2 N–H and O–H groups in total. The third-order valence-electron chi connectivity index (χ3n) is 6.15.